The van der Waals surface area contributed by atoms with Gasteiger partial charge in [0.1, 0.15) is 0 Å². The SMILES string of the molecule is C[C@@H]1C2CC2CN1N. The highest BCUT2D eigenvalue weighted by molar-refractivity contribution is 5.00. The average molecular weight is 112 g/mol. The molecule has 0 amide bonds. The van der Waals surface area contributed by atoms with Gasteiger partial charge in [0.15, 0.2) is 0 Å². The third kappa shape index (κ3) is 0.446. The minimum Gasteiger partial charge on any atom is -0.269 e. The molecule has 1 saturated carbocycles. The minimum atomic E-state index is 0.667. The Bertz CT molecular complexity index is 111. The van der Waals surface area contributed by atoms with Crippen molar-refractivity contribution >= 4 is 0 Å². The second-order valence-corrected chi connectivity index (χ2v) is 3.10. The molecule has 0 aromatic heterocycles. The van der Waals surface area contributed by atoms with Crippen molar-refractivity contribution in [1.82, 2.24) is 5.01 Å². The number of piperidine rings is 1. The summed E-state index contributed by atoms with van der Waals surface area (Å²) in [5.41, 5.74) is 0. The van der Waals surface area contributed by atoms with E-state index < -0.39 is 0 Å². The first-order chi connectivity index (χ1) is 3.79. The molecule has 2 fully saturated rings. The van der Waals surface area contributed by atoms with E-state index in [9.17, 15) is 0 Å². The standard InChI is InChI=1S/C6H12N2/c1-4-6-2-5(6)3-8(4)7/h4-6H,2-3,7H2,1H3/t4-,5?,6?/m1/s1. The zero-order chi connectivity index (χ0) is 5.72. The molecule has 2 unspecified atom stereocenters. The molecule has 1 saturated heterocycles. The van der Waals surface area contributed by atoms with Crippen molar-refractivity contribution in [1.29, 1.82) is 0 Å². The van der Waals surface area contributed by atoms with E-state index in [4.69, 9.17) is 5.84 Å². The lowest BCUT2D eigenvalue weighted by molar-refractivity contribution is 0.241. The fraction of sp³-hybridized carbons (Fsp3) is 1.00. The highest BCUT2D eigenvalue weighted by atomic mass is 15.4. The van der Waals surface area contributed by atoms with Gasteiger partial charge in [0.2, 0.25) is 0 Å². The maximum Gasteiger partial charge on any atom is 0.0244 e. The predicted molar refractivity (Wildman–Crippen MR) is 32.0 cm³/mol. The van der Waals surface area contributed by atoms with Gasteiger partial charge < -0.3 is 0 Å². The van der Waals surface area contributed by atoms with E-state index >= 15 is 0 Å². The summed E-state index contributed by atoms with van der Waals surface area (Å²) >= 11 is 0. The van der Waals surface area contributed by atoms with E-state index in [-0.39, 0.29) is 0 Å². The Labute approximate surface area is 49.6 Å². The Morgan fingerprint density at radius 2 is 2.38 bits per heavy atom. The van der Waals surface area contributed by atoms with Gasteiger partial charge in [-0.1, -0.05) is 0 Å². The Kier molecular flexibility index (Phi) is 0.746. The molecule has 2 rings (SSSR count). The Morgan fingerprint density at radius 3 is 2.62 bits per heavy atom. The smallest absolute Gasteiger partial charge is 0.0244 e. The first-order valence-corrected chi connectivity index (χ1v) is 3.30. The fourth-order valence-corrected chi connectivity index (χ4v) is 1.75. The summed E-state index contributed by atoms with van der Waals surface area (Å²) in [7, 11) is 0. The molecule has 0 radical (unpaired) electrons. The molecule has 2 N–H and O–H groups in total. The normalized spacial score (nSPS) is 54.0. The molecule has 3 atom stereocenters. The largest absolute Gasteiger partial charge is 0.269 e. The molecule has 0 aromatic rings. The van der Waals surface area contributed by atoms with E-state index in [2.05, 4.69) is 6.92 Å². The van der Waals surface area contributed by atoms with Crippen LogP contribution in [0.2, 0.25) is 0 Å². The average Bonchev–Trinajstić information content (AvgIpc) is 2.39. The highest BCUT2D eigenvalue weighted by Gasteiger charge is 2.49. The molecule has 2 aliphatic rings. The van der Waals surface area contributed by atoms with E-state index in [1.807, 2.05) is 5.01 Å². The molecule has 2 heteroatoms. The van der Waals surface area contributed by atoms with Crippen LogP contribution in [0.15, 0.2) is 0 Å². The van der Waals surface area contributed by atoms with E-state index in [1.54, 1.807) is 0 Å². The van der Waals surface area contributed by atoms with Crippen molar-refractivity contribution < 1.29 is 0 Å². The molecule has 1 heterocycles. The minimum absolute atomic E-state index is 0.667. The number of nitrogens with zero attached hydrogens (tertiary/aromatic N) is 1. The lowest BCUT2D eigenvalue weighted by Crippen LogP contribution is -2.36. The summed E-state index contributed by atoms with van der Waals surface area (Å²) in [6.45, 7) is 3.36. The van der Waals surface area contributed by atoms with Crippen molar-refractivity contribution in [3.05, 3.63) is 0 Å². The van der Waals surface area contributed by atoms with Crippen LogP contribution in [0.1, 0.15) is 13.3 Å². The third-order valence-corrected chi connectivity index (χ3v) is 2.57. The molecule has 0 aromatic carbocycles. The zero-order valence-corrected chi connectivity index (χ0v) is 5.17. The van der Waals surface area contributed by atoms with Crippen LogP contribution in [0.5, 0.6) is 0 Å². The van der Waals surface area contributed by atoms with Crippen LogP contribution in [0.3, 0.4) is 0 Å². The van der Waals surface area contributed by atoms with Gasteiger partial charge in [-0.05, 0) is 25.2 Å². The first-order valence-electron chi connectivity index (χ1n) is 3.30. The number of nitrogens with two attached hydrogens (primary N) is 1. The summed E-state index contributed by atoms with van der Waals surface area (Å²) in [6, 6.07) is 0.667. The molecular formula is C6H12N2. The number of hydrogen-bond donors (Lipinski definition) is 1. The molecule has 2 nitrogen and oxygen atoms in total. The third-order valence-electron chi connectivity index (χ3n) is 2.57. The maximum atomic E-state index is 5.63. The van der Waals surface area contributed by atoms with Crippen LogP contribution >= 0.6 is 0 Å². The second kappa shape index (κ2) is 1.25. The summed E-state index contributed by atoms with van der Waals surface area (Å²) < 4.78 is 0. The van der Waals surface area contributed by atoms with Crippen LogP contribution in [-0.2, 0) is 0 Å². The van der Waals surface area contributed by atoms with Crippen LogP contribution in [0.25, 0.3) is 0 Å². The topological polar surface area (TPSA) is 29.3 Å². The van der Waals surface area contributed by atoms with Gasteiger partial charge in [-0.25, -0.2) is 5.01 Å². The van der Waals surface area contributed by atoms with Crippen molar-refractivity contribution in [2.75, 3.05) is 6.54 Å². The van der Waals surface area contributed by atoms with E-state index in [0.29, 0.717) is 6.04 Å². The summed E-state index contributed by atoms with van der Waals surface area (Å²) in [5.74, 6) is 7.56. The van der Waals surface area contributed by atoms with Crippen LogP contribution < -0.4 is 5.84 Å². The van der Waals surface area contributed by atoms with E-state index in [1.165, 1.54) is 6.42 Å². The van der Waals surface area contributed by atoms with Gasteiger partial charge in [-0.3, -0.25) is 5.84 Å². The van der Waals surface area contributed by atoms with Crippen LogP contribution in [0, 0.1) is 11.8 Å². The Hall–Kier alpha value is -0.0800. The lowest BCUT2D eigenvalue weighted by atomic mass is 10.2. The van der Waals surface area contributed by atoms with Gasteiger partial charge in [-0.2, -0.15) is 0 Å². The van der Waals surface area contributed by atoms with Gasteiger partial charge in [0.05, 0.1) is 0 Å². The van der Waals surface area contributed by atoms with Gasteiger partial charge in [0.25, 0.3) is 0 Å². The van der Waals surface area contributed by atoms with Crippen molar-refractivity contribution in [2.24, 2.45) is 17.7 Å². The van der Waals surface area contributed by atoms with Gasteiger partial charge >= 0.3 is 0 Å². The second-order valence-electron chi connectivity index (χ2n) is 3.10. The number of rotatable bonds is 0. The molecule has 0 spiro atoms. The number of hydrazine groups is 1. The first kappa shape index (κ1) is 4.77. The summed E-state index contributed by atoms with van der Waals surface area (Å²) in [5, 5.41) is 1.97. The highest BCUT2D eigenvalue weighted by Crippen LogP contribution is 2.47. The van der Waals surface area contributed by atoms with Crippen molar-refractivity contribution in [2.45, 2.75) is 19.4 Å². The van der Waals surface area contributed by atoms with E-state index in [0.717, 1.165) is 18.4 Å². The quantitative estimate of drug-likeness (QED) is 0.453. The van der Waals surface area contributed by atoms with Crippen molar-refractivity contribution in [3.63, 3.8) is 0 Å². The van der Waals surface area contributed by atoms with Gasteiger partial charge in [0, 0.05) is 12.6 Å². The molecule has 8 heavy (non-hydrogen) atoms. The lowest BCUT2D eigenvalue weighted by Gasteiger charge is -2.16. The fourth-order valence-electron chi connectivity index (χ4n) is 1.75. The molecule has 1 aliphatic heterocycles. The van der Waals surface area contributed by atoms with Crippen molar-refractivity contribution in [3.8, 4) is 0 Å². The maximum absolute atomic E-state index is 5.63. The molecule has 46 valence electrons. The van der Waals surface area contributed by atoms with Crippen LogP contribution in [-0.4, -0.2) is 17.6 Å². The Morgan fingerprint density at radius 1 is 1.62 bits per heavy atom. The number of hydrogen-bond acceptors (Lipinski definition) is 2. The molecule has 1 aliphatic carbocycles. The molecular weight excluding hydrogens is 100 g/mol. The number of fused-ring (bicyclic) bond motifs is 1. The zero-order valence-electron chi connectivity index (χ0n) is 5.17. The summed E-state index contributed by atoms with van der Waals surface area (Å²) in [6.07, 6.45) is 1.44. The van der Waals surface area contributed by atoms with Gasteiger partial charge in [-0.15, -0.1) is 0 Å². The molecule has 0 bridgehead atoms. The monoisotopic (exact) mass is 112 g/mol. The summed E-state index contributed by atoms with van der Waals surface area (Å²) in [4.78, 5) is 0. The predicted octanol–water partition coefficient (Wildman–Crippen LogP) is 0.200. The Balaban J connectivity index is 2.08. The van der Waals surface area contributed by atoms with Crippen LogP contribution in [0.4, 0.5) is 0 Å².